The summed E-state index contributed by atoms with van der Waals surface area (Å²) < 4.78 is 30.2. The van der Waals surface area contributed by atoms with E-state index in [4.69, 9.17) is 25.2 Å². The Bertz CT molecular complexity index is 1260. The molecule has 0 unspecified atom stereocenters. The maximum absolute atomic E-state index is 14.1. The predicted octanol–water partition coefficient (Wildman–Crippen LogP) is 6.32. The van der Waals surface area contributed by atoms with E-state index in [1.54, 1.807) is 38.1 Å². The van der Waals surface area contributed by atoms with E-state index in [9.17, 15) is 14.5 Å². The fraction of sp³-hybridized carbons (Fsp3) is 0.296. The van der Waals surface area contributed by atoms with E-state index < -0.39 is 25.4 Å². The van der Waals surface area contributed by atoms with Crippen LogP contribution in [0.25, 0.3) is 0 Å². The molecule has 1 amide bonds. The Balaban J connectivity index is 1.87. The molecule has 1 aliphatic heterocycles. The maximum atomic E-state index is 14.1. The van der Waals surface area contributed by atoms with Gasteiger partial charge in [0.1, 0.15) is 6.10 Å². The van der Waals surface area contributed by atoms with Gasteiger partial charge in [0.15, 0.2) is 0 Å². The second-order valence-corrected chi connectivity index (χ2v) is 10.5. The van der Waals surface area contributed by atoms with Crippen LogP contribution in [-0.2, 0) is 35.1 Å². The van der Waals surface area contributed by atoms with Gasteiger partial charge in [-0.3, -0.25) is 18.4 Å². The van der Waals surface area contributed by atoms with Crippen molar-refractivity contribution in [3.8, 4) is 0 Å². The number of hydrogen-bond acceptors (Lipinski definition) is 6. The molecule has 0 spiro atoms. The number of hydrogen-bond donors (Lipinski definition) is 1. The second kappa shape index (κ2) is 10.9. The lowest BCUT2D eigenvalue weighted by atomic mass is 9.85. The van der Waals surface area contributed by atoms with Crippen LogP contribution in [0.2, 0.25) is 5.02 Å². The standard InChI is InChI=1S/C27H29ClNO6P/c1-4-33-36(32,34-5-2)35-25(21-13-11-19(3)12-14-21)27(31)23-17-22(28)15-16-24(23)29(26(27)30)18-20-9-7-6-8-10-20/h6-17,25,31H,4-5,18H2,1-3H3/t25-,27+/m0/s1. The molecule has 0 saturated carbocycles. The molecule has 1 N–H and O–H groups in total. The third kappa shape index (κ3) is 5.14. The monoisotopic (exact) mass is 529 g/mol. The van der Waals surface area contributed by atoms with Crippen LogP contribution in [0.5, 0.6) is 0 Å². The molecule has 36 heavy (non-hydrogen) atoms. The number of carbonyl (C=O) groups excluding carboxylic acids is 1. The molecule has 3 aromatic rings. The molecule has 2 atom stereocenters. The van der Waals surface area contributed by atoms with E-state index >= 15 is 0 Å². The third-order valence-corrected chi connectivity index (χ3v) is 7.84. The zero-order valence-electron chi connectivity index (χ0n) is 20.4. The first-order chi connectivity index (χ1) is 17.2. The molecule has 0 bridgehead atoms. The maximum Gasteiger partial charge on any atom is 0.475 e. The van der Waals surface area contributed by atoms with Crippen molar-refractivity contribution in [3.05, 3.63) is 100 Å². The van der Waals surface area contributed by atoms with Gasteiger partial charge in [-0.25, -0.2) is 4.57 Å². The van der Waals surface area contributed by atoms with Crippen LogP contribution < -0.4 is 4.90 Å². The quantitative estimate of drug-likeness (QED) is 0.309. The van der Waals surface area contributed by atoms with Crippen molar-refractivity contribution < 1.29 is 28.0 Å². The van der Waals surface area contributed by atoms with E-state index in [-0.39, 0.29) is 25.3 Å². The van der Waals surface area contributed by atoms with Gasteiger partial charge in [-0.2, -0.15) is 0 Å². The number of aliphatic hydroxyl groups is 1. The summed E-state index contributed by atoms with van der Waals surface area (Å²) in [5.74, 6) is -0.631. The number of fused-ring (bicyclic) bond motifs is 1. The zero-order valence-corrected chi connectivity index (χ0v) is 22.0. The van der Waals surface area contributed by atoms with Crippen LogP contribution in [0.15, 0.2) is 72.8 Å². The molecule has 7 nitrogen and oxygen atoms in total. The van der Waals surface area contributed by atoms with Gasteiger partial charge in [0.05, 0.1) is 25.4 Å². The number of rotatable bonds is 10. The molecule has 0 aliphatic carbocycles. The van der Waals surface area contributed by atoms with Gasteiger partial charge in [-0.1, -0.05) is 71.8 Å². The van der Waals surface area contributed by atoms with Gasteiger partial charge in [0.25, 0.3) is 5.91 Å². The Labute approximate surface area is 216 Å². The Morgan fingerprint density at radius 3 is 2.25 bits per heavy atom. The highest BCUT2D eigenvalue weighted by atomic mass is 35.5. The van der Waals surface area contributed by atoms with E-state index in [1.807, 2.05) is 49.4 Å². The molecule has 0 saturated heterocycles. The van der Waals surface area contributed by atoms with Gasteiger partial charge in [-0.15, -0.1) is 0 Å². The van der Waals surface area contributed by atoms with Crippen molar-refractivity contribution in [2.75, 3.05) is 18.1 Å². The van der Waals surface area contributed by atoms with Gasteiger partial charge in [0.2, 0.25) is 5.60 Å². The summed E-state index contributed by atoms with van der Waals surface area (Å²) in [6.45, 7) is 5.53. The summed E-state index contributed by atoms with van der Waals surface area (Å²) in [6, 6.07) is 21.4. The minimum Gasteiger partial charge on any atom is -0.373 e. The molecular weight excluding hydrogens is 501 g/mol. The van der Waals surface area contributed by atoms with E-state index in [1.165, 1.54) is 11.0 Å². The lowest BCUT2D eigenvalue weighted by Gasteiger charge is -2.34. The van der Waals surface area contributed by atoms with Crippen molar-refractivity contribution in [1.29, 1.82) is 0 Å². The fourth-order valence-corrected chi connectivity index (χ4v) is 5.85. The number of halogens is 1. The predicted molar refractivity (Wildman–Crippen MR) is 139 cm³/mol. The van der Waals surface area contributed by atoms with Crippen molar-refractivity contribution in [2.24, 2.45) is 0 Å². The SMILES string of the molecule is CCOP(=O)(OCC)O[C@@H](c1ccc(C)cc1)[C@@]1(O)C(=O)N(Cc2ccccc2)c2ccc(Cl)cc21. The van der Waals surface area contributed by atoms with Gasteiger partial charge < -0.3 is 10.0 Å². The Kier molecular flexibility index (Phi) is 8.00. The molecule has 3 aromatic carbocycles. The number of benzene rings is 3. The number of nitrogens with zero attached hydrogens (tertiary/aromatic N) is 1. The highest BCUT2D eigenvalue weighted by Crippen LogP contribution is 2.59. The van der Waals surface area contributed by atoms with E-state index in [2.05, 4.69) is 0 Å². The van der Waals surface area contributed by atoms with Crippen molar-refractivity contribution in [3.63, 3.8) is 0 Å². The number of amides is 1. The minimum absolute atomic E-state index is 0.0484. The smallest absolute Gasteiger partial charge is 0.373 e. The number of carbonyl (C=O) groups is 1. The normalized spacial score (nSPS) is 18.4. The number of anilines is 1. The summed E-state index contributed by atoms with van der Waals surface area (Å²) in [4.78, 5) is 15.5. The minimum atomic E-state index is -4.15. The fourth-order valence-electron chi connectivity index (χ4n) is 4.32. The largest absolute Gasteiger partial charge is 0.475 e. The second-order valence-electron chi connectivity index (χ2n) is 8.48. The molecule has 0 radical (unpaired) electrons. The highest BCUT2D eigenvalue weighted by Gasteiger charge is 2.58. The first-order valence-electron chi connectivity index (χ1n) is 11.7. The molecule has 1 heterocycles. The Morgan fingerprint density at radius 2 is 1.64 bits per heavy atom. The lowest BCUT2D eigenvalue weighted by molar-refractivity contribution is -0.149. The van der Waals surface area contributed by atoms with Crippen LogP contribution in [-0.4, -0.2) is 24.2 Å². The summed E-state index contributed by atoms with van der Waals surface area (Å²) in [7, 11) is -4.15. The number of aryl methyl sites for hydroxylation is 1. The Morgan fingerprint density at radius 1 is 1.00 bits per heavy atom. The highest BCUT2D eigenvalue weighted by molar-refractivity contribution is 7.48. The van der Waals surface area contributed by atoms with Gasteiger partial charge >= 0.3 is 7.82 Å². The average Bonchev–Trinajstić information content (AvgIpc) is 3.06. The van der Waals surface area contributed by atoms with Crippen LogP contribution in [0, 0.1) is 6.92 Å². The summed E-state index contributed by atoms with van der Waals surface area (Å²) in [6.07, 6.45) is -1.41. The molecule has 0 aromatic heterocycles. The van der Waals surface area contributed by atoms with Crippen LogP contribution in [0.4, 0.5) is 5.69 Å². The van der Waals surface area contributed by atoms with E-state index in [0.717, 1.165) is 11.1 Å². The molecule has 190 valence electrons. The van der Waals surface area contributed by atoms with Crippen molar-refractivity contribution >= 4 is 31.0 Å². The first-order valence-corrected chi connectivity index (χ1v) is 13.6. The average molecular weight is 530 g/mol. The third-order valence-electron chi connectivity index (χ3n) is 5.98. The molecular formula is C27H29ClNO6P. The first kappa shape index (κ1) is 26.6. The van der Waals surface area contributed by atoms with Crippen LogP contribution >= 0.6 is 19.4 Å². The number of phosphoric acid groups is 1. The van der Waals surface area contributed by atoms with Gasteiger partial charge in [-0.05, 0) is 50.1 Å². The topological polar surface area (TPSA) is 85.3 Å². The van der Waals surface area contributed by atoms with Crippen molar-refractivity contribution in [2.45, 2.75) is 39.0 Å². The molecule has 9 heteroatoms. The summed E-state index contributed by atoms with van der Waals surface area (Å²) in [5.41, 5.74) is 0.754. The van der Waals surface area contributed by atoms with Crippen LogP contribution in [0.1, 0.15) is 42.2 Å². The van der Waals surface area contributed by atoms with Crippen molar-refractivity contribution in [1.82, 2.24) is 0 Å². The summed E-state index contributed by atoms with van der Waals surface area (Å²) >= 11 is 6.32. The lowest BCUT2D eigenvalue weighted by Crippen LogP contribution is -2.45. The number of phosphoric ester groups is 1. The van der Waals surface area contributed by atoms with E-state index in [0.29, 0.717) is 16.3 Å². The Hall–Kier alpha value is -2.51. The van der Waals surface area contributed by atoms with Crippen LogP contribution in [0.3, 0.4) is 0 Å². The molecule has 0 fully saturated rings. The van der Waals surface area contributed by atoms with Gasteiger partial charge in [0, 0.05) is 10.6 Å². The zero-order chi connectivity index (χ0) is 25.9. The summed E-state index contributed by atoms with van der Waals surface area (Å²) in [5, 5.41) is 12.6. The molecule has 4 rings (SSSR count). The molecule has 1 aliphatic rings.